The average Bonchev–Trinajstić information content (AvgIpc) is 3.06. The Morgan fingerprint density at radius 2 is 2.08 bits per heavy atom. The number of likely N-dealkylation sites (tertiary alicyclic amines) is 1. The molecule has 0 saturated carbocycles. The highest BCUT2D eigenvalue weighted by molar-refractivity contribution is 9.10. The fraction of sp³-hybridized carbons (Fsp3) is 0.647. The maximum absolute atomic E-state index is 12.2. The molecule has 1 aromatic rings. The molecule has 1 amide bonds. The van der Waals surface area contributed by atoms with Crippen LogP contribution in [0, 0.1) is 5.92 Å². The van der Waals surface area contributed by atoms with Crippen LogP contribution in [0.1, 0.15) is 19.3 Å². The predicted octanol–water partition coefficient (Wildman–Crippen LogP) is 1.23. The topological polar surface area (TPSA) is 63.6 Å². The van der Waals surface area contributed by atoms with E-state index in [2.05, 4.69) is 26.1 Å². The molecule has 6 nitrogen and oxygen atoms in total. The maximum atomic E-state index is 12.2. The van der Waals surface area contributed by atoms with E-state index in [4.69, 9.17) is 4.74 Å². The molecule has 0 spiro atoms. The molecule has 2 saturated heterocycles. The second-order valence-corrected chi connectivity index (χ2v) is 7.60. The van der Waals surface area contributed by atoms with Crippen molar-refractivity contribution in [1.82, 2.24) is 14.8 Å². The summed E-state index contributed by atoms with van der Waals surface area (Å²) in [5.74, 6) is 0.567. The first kappa shape index (κ1) is 17.6. The number of halogens is 1. The lowest BCUT2D eigenvalue weighted by Crippen LogP contribution is -2.47. The van der Waals surface area contributed by atoms with Crippen LogP contribution in [0.4, 0.5) is 0 Å². The number of amides is 1. The number of aromatic nitrogens is 1. The number of carbonyl (C=O) groups is 1. The molecule has 0 aliphatic carbocycles. The molecule has 1 atom stereocenters. The molecule has 2 aliphatic rings. The first-order chi connectivity index (χ1) is 11.6. The number of ether oxygens (including phenoxy) is 1. The molecule has 1 unspecified atom stereocenters. The zero-order valence-electron chi connectivity index (χ0n) is 13.7. The van der Waals surface area contributed by atoms with Crippen molar-refractivity contribution in [2.75, 3.05) is 32.8 Å². The van der Waals surface area contributed by atoms with Gasteiger partial charge in [0.1, 0.15) is 6.54 Å². The van der Waals surface area contributed by atoms with E-state index in [0.717, 1.165) is 56.6 Å². The van der Waals surface area contributed by atoms with Crippen LogP contribution in [0.3, 0.4) is 0 Å². The fourth-order valence-corrected chi connectivity index (χ4v) is 3.79. The summed E-state index contributed by atoms with van der Waals surface area (Å²) in [7, 11) is 0. The Kier molecular flexibility index (Phi) is 6.08. The van der Waals surface area contributed by atoms with E-state index < -0.39 is 0 Å². The van der Waals surface area contributed by atoms with Crippen LogP contribution in [0.5, 0.6) is 0 Å². The summed E-state index contributed by atoms with van der Waals surface area (Å²) in [6, 6.07) is 3.35. The number of nitrogens with one attached hydrogen (secondary N) is 1. The smallest absolute Gasteiger partial charge is 0.251 e. The molecule has 132 valence electrons. The molecule has 7 heteroatoms. The second-order valence-electron chi connectivity index (χ2n) is 6.69. The minimum Gasteiger partial charge on any atom is -0.381 e. The minimum absolute atomic E-state index is 0.0674. The van der Waals surface area contributed by atoms with E-state index in [1.807, 2.05) is 0 Å². The Morgan fingerprint density at radius 1 is 1.29 bits per heavy atom. The normalized spacial score (nSPS) is 22.6. The molecule has 0 aromatic carbocycles. The number of nitrogens with zero attached hydrogens (tertiary/aromatic N) is 2. The number of rotatable bonds is 5. The van der Waals surface area contributed by atoms with Gasteiger partial charge in [-0.2, -0.15) is 0 Å². The van der Waals surface area contributed by atoms with Gasteiger partial charge in [0, 0.05) is 49.0 Å². The molecule has 3 rings (SSSR count). The van der Waals surface area contributed by atoms with Gasteiger partial charge < -0.3 is 19.5 Å². The highest BCUT2D eigenvalue weighted by atomic mass is 79.9. The quantitative estimate of drug-likeness (QED) is 0.811. The summed E-state index contributed by atoms with van der Waals surface area (Å²) in [6.45, 7) is 4.98. The van der Waals surface area contributed by atoms with Crippen LogP contribution in [-0.4, -0.2) is 54.3 Å². The van der Waals surface area contributed by atoms with Crippen molar-refractivity contribution >= 4 is 21.8 Å². The average molecular weight is 398 g/mol. The Labute approximate surface area is 150 Å². The maximum Gasteiger partial charge on any atom is 0.251 e. The molecule has 0 radical (unpaired) electrons. The highest BCUT2D eigenvalue weighted by Gasteiger charge is 2.24. The second kappa shape index (κ2) is 8.27. The van der Waals surface area contributed by atoms with E-state index in [1.165, 1.54) is 10.6 Å². The van der Waals surface area contributed by atoms with Crippen LogP contribution in [0.2, 0.25) is 0 Å². The van der Waals surface area contributed by atoms with Crippen molar-refractivity contribution < 1.29 is 9.53 Å². The third-order valence-electron chi connectivity index (χ3n) is 4.75. The van der Waals surface area contributed by atoms with E-state index in [1.54, 1.807) is 12.3 Å². The summed E-state index contributed by atoms with van der Waals surface area (Å²) in [6.07, 6.45) is 4.74. The molecule has 1 aromatic heterocycles. The third-order valence-corrected chi connectivity index (χ3v) is 5.22. The zero-order valence-corrected chi connectivity index (χ0v) is 15.3. The van der Waals surface area contributed by atoms with Crippen molar-refractivity contribution in [2.45, 2.75) is 31.8 Å². The van der Waals surface area contributed by atoms with Crippen LogP contribution in [0.25, 0.3) is 0 Å². The summed E-state index contributed by atoms with van der Waals surface area (Å²) in [4.78, 5) is 26.4. The van der Waals surface area contributed by atoms with Gasteiger partial charge in [0.15, 0.2) is 0 Å². The van der Waals surface area contributed by atoms with Crippen molar-refractivity contribution in [3.8, 4) is 0 Å². The molecular weight excluding hydrogens is 374 g/mol. The molecule has 1 N–H and O–H groups in total. The van der Waals surface area contributed by atoms with Crippen LogP contribution in [-0.2, 0) is 16.1 Å². The Hall–Kier alpha value is -1.18. The molecule has 2 fully saturated rings. The van der Waals surface area contributed by atoms with Gasteiger partial charge in [0.25, 0.3) is 5.56 Å². The lowest BCUT2D eigenvalue weighted by Gasteiger charge is -2.33. The molecule has 0 bridgehead atoms. The van der Waals surface area contributed by atoms with Crippen molar-refractivity contribution in [1.29, 1.82) is 0 Å². The lowest BCUT2D eigenvalue weighted by atomic mass is 10.0. The summed E-state index contributed by atoms with van der Waals surface area (Å²) in [5.41, 5.74) is -0.165. The molecule has 3 heterocycles. The fourth-order valence-electron chi connectivity index (χ4n) is 3.41. The van der Waals surface area contributed by atoms with Crippen molar-refractivity contribution in [2.24, 2.45) is 5.92 Å². The highest BCUT2D eigenvalue weighted by Crippen LogP contribution is 2.17. The van der Waals surface area contributed by atoms with Gasteiger partial charge in [-0.05, 0) is 47.2 Å². The Balaban J connectivity index is 1.43. The number of hydrogen-bond donors (Lipinski definition) is 1. The van der Waals surface area contributed by atoms with Gasteiger partial charge in [-0.15, -0.1) is 0 Å². The first-order valence-electron chi connectivity index (χ1n) is 8.55. The van der Waals surface area contributed by atoms with Gasteiger partial charge in [0.05, 0.1) is 6.61 Å². The lowest BCUT2D eigenvalue weighted by molar-refractivity contribution is -0.122. The SMILES string of the molecule is O=C(Cn1cc(Br)ccc1=O)NC1CCN(CC2CCOC2)CC1. The summed E-state index contributed by atoms with van der Waals surface area (Å²) >= 11 is 3.32. The van der Waals surface area contributed by atoms with E-state index >= 15 is 0 Å². The zero-order chi connectivity index (χ0) is 16.9. The third kappa shape index (κ3) is 4.91. The summed E-state index contributed by atoms with van der Waals surface area (Å²) < 4.78 is 7.65. The Morgan fingerprint density at radius 3 is 2.79 bits per heavy atom. The van der Waals surface area contributed by atoms with Crippen LogP contribution < -0.4 is 10.9 Å². The van der Waals surface area contributed by atoms with Gasteiger partial charge in [-0.25, -0.2) is 0 Å². The predicted molar refractivity (Wildman–Crippen MR) is 94.9 cm³/mol. The van der Waals surface area contributed by atoms with E-state index in [9.17, 15) is 9.59 Å². The van der Waals surface area contributed by atoms with Crippen LogP contribution >= 0.6 is 15.9 Å². The van der Waals surface area contributed by atoms with E-state index in [0.29, 0.717) is 5.92 Å². The largest absolute Gasteiger partial charge is 0.381 e. The minimum atomic E-state index is -0.165. The van der Waals surface area contributed by atoms with Gasteiger partial charge in [-0.3, -0.25) is 9.59 Å². The number of hydrogen-bond acceptors (Lipinski definition) is 4. The monoisotopic (exact) mass is 397 g/mol. The molecule has 24 heavy (non-hydrogen) atoms. The standard InChI is InChI=1S/C17H24BrN3O3/c18-14-1-2-17(23)21(10-14)11-16(22)19-15-3-6-20(7-4-15)9-13-5-8-24-12-13/h1-2,10,13,15H,3-9,11-12H2,(H,19,22). The molecule has 2 aliphatic heterocycles. The Bertz CT molecular complexity index is 620. The number of piperidine rings is 1. The summed E-state index contributed by atoms with van der Waals surface area (Å²) in [5, 5.41) is 3.06. The first-order valence-corrected chi connectivity index (χ1v) is 9.35. The van der Waals surface area contributed by atoms with Crippen molar-refractivity contribution in [3.63, 3.8) is 0 Å². The number of carbonyl (C=O) groups excluding carboxylic acids is 1. The molecular formula is C17H24BrN3O3. The van der Waals surface area contributed by atoms with E-state index in [-0.39, 0.29) is 24.1 Å². The van der Waals surface area contributed by atoms with Crippen molar-refractivity contribution in [3.05, 3.63) is 33.2 Å². The van der Waals surface area contributed by atoms with Gasteiger partial charge >= 0.3 is 0 Å². The van der Waals surface area contributed by atoms with Gasteiger partial charge in [-0.1, -0.05) is 0 Å². The van der Waals surface area contributed by atoms with Crippen LogP contribution in [0.15, 0.2) is 27.6 Å². The number of pyridine rings is 1. The van der Waals surface area contributed by atoms with Gasteiger partial charge in [0.2, 0.25) is 5.91 Å².